The number of aliphatic imine (C=N–C) groups is 2. The van der Waals surface area contributed by atoms with Gasteiger partial charge in [0.25, 0.3) is 0 Å². The maximum absolute atomic E-state index is 12.1. The second kappa shape index (κ2) is 10.2. The zero-order chi connectivity index (χ0) is 22.2. The van der Waals surface area contributed by atoms with Crippen molar-refractivity contribution >= 4 is 35.1 Å². The van der Waals surface area contributed by atoms with E-state index >= 15 is 0 Å². The van der Waals surface area contributed by atoms with Gasteiger partial charge in [-0.3, -0.25) is 0 Å². The van der Waals surface area contributed by atoms with Crippen molar-refractivity contribution in [1.29, 1.82) is 5.26 Å². The highest BCUT2D eigenvalue weighted by Gasteiger charge is 2.29. The van der Waals surface area contributed by atoms with Gasteiger partial charge in [0, 0.05) is 10.6 Å². The molecule has 0 N–H and O–H groups in total. The van der Waals surface area contributed by atoms with Crippen LogP contribution in [0.5, 0.6) is 5.75 Å². The quantitative estimate of drug-likeness (QED) is 0.307. The maximum atomic E-state index is 12.1. The van der Waals surface area contributed by atoms with Crippen LogP contribution in [0.25, 0.3) is 0 Å². The van der Waals surface area contributed by atoms with E-state index in [4.69, 9.17) is 26.3 Å². The molecular formula is C22H18ClN5O3. The van der Waals surface area contributed by atoms with E-state index < -0.39 is 6.09 Å². The molecule has 0 aromatic heterocycles. The number of benzene rings is 2. The second-order valence-corrected chi connectivity index (χ2v) is 6.71. The van der Waals surface area contributed by atoms with E-state index in [9.17, 15) is 4.79 Å². The number of amides is 1. The van der Waals surface area contributed by atoms with Crippen LogP contribution < -0.4 is 4.74 Å². The highest BCUT2D eigenvalue weighted by molar-refractivity contribution is 6.51. The first-order valence-electron chi connectivity index (χ1n) is 9.19. The summed E-state index contributed by atoms with van der Waals surface area (Å²) in [6, 6.07) is 14.1. The molecule has 0 saturated carbocycles. The Morgan fingerprint density at radius 3 is 2.81 bits per heavy atom. The molecule has 0 aliphatic carbocycles. The molecular weight excluding hydrogens is 418 g/mol. The standard InChI is InChI=1S/C22H18ClN5O3/c1-3-11-30-22(29)26-19-13-28(21(25-14-24)31-17-7-5-4-6-8-17)27-20(19)16-9-10-18(23)15(2)12-16/h3-10,12H,1,11,13H2,2H3. The summed E-state index contributed by atoms with van der Waals surface area (Å²) in [7, 11) is 0. The third-order valence-electron chi connectivity index (χ3n) is 4.09. The number of amidine groups is 1. The molecule has 0 atom stereocenters. The summed E-state index contributed by atoms with van der Waals surface area (Å²) in [5.41, 5.74) is 2.27. The molecule has 8 nitrogen and oxygen atoms in total. The van der Waals surface area contributed by atoms with Crippen LogP contribution in [0.4, 0.5) is 4.79 Å². The molecule has 3 rings (SSSR count). The summed E-state index contributed by atoms with van der Waals surface area (Å²) >= 11 is 6.14. The summed E-state index contributed by atoms with van der Waals surface area (Å²) in [5.74, 6) is 0.478. The van der Waals surface area contributed by atoms with Gasteiger partial charge in [0.1, 0.15) is 18.1 Å². The largest absolute Gasteiger partial charge is 0.444 e. The number of carbonyl (C=O) groups is 1. The molecule has 9 heteroatoms. The third kappa shape index (κ3) is 5.56. The molecule has 2 aromatic rings. The van der Waals surface area contributed by atoms with Gasteiger partial charge in [0.15, 0.2) is 0 Å². The Bertz CT molecular complexity index is 1120. The predicted molar refractivity (Wildman–Crippen MR) is 119 cm³/mol. The number of nitrogens with zero attached hydrogens (tertiary/aromatic N) is 5. The fourth-order valence-corrected chi connectivity index (χ4v) is 2.81. The number of hydrogen-bond acceptors (Lipinski definition) is 6. The SMILES string of the molecule is C=CCOC(=O)N=C1CN(C(=NC#N)Oc2ccccc2)N=C1c1ccc(Cl)c(C)c1. The van der Waals surface area contributed by atoms with Gasteiger partial charge in [-0.05, 0) is 36.8 Å². The first kappa shape index (κ1) is 21.7. The van der Waals surface area contributed by atoms with Crippen molar-refractivity contribution in [3.63, 3.8) is 0 Å². The van der Waals surface area contributed by atoms with E-state index in [2.05, 4.69) is 21.7 Å². The van der Waals surface area contributed by atoms with Gasteiger partial charge >= 0.3 is 12.1 Å². The lowest BCUT2D eigenvalue weighted by Crippen LogP contribution is -2.31. The van der Waals surface area contributed by atoms with Crippen molar-refractivity contribution < 1.29 is 14.3 Å². The van der Waals surface area contributed by atoms with Gasteiger partial charge in [-0.25, -0.2) is 9.80 Å². The number of hydrogen-bond donors (Lipinski definition) is 0. The van der Waals surface area contributed by atoms with E-state index in [1.807, 2.05) is 19.1 Å². The predicted octanol–water partition coefficient (Wildman–Crippen LogP) is 4.35. The first-order chi connectivity index (χ1) is 15.0. The van der Waals surface area contributed by atoms with Crippen molar-refractivity contribution in [3.05, 3.63) is 77.3 Å². The number of halogens is 1. The topological polar surface area (TPSA) is 99.6 Å². The van der Waals surface area contributed by atoms with Gasteiger partial charge in [0.2, 0.25) is 6.19 Å². The van der Waals surface area contributed by atoms with Crippen LogP contribution in [0.15, 0.2) is 76.3 Å². The van der Waals surface area contributed by atoms with Crippen molar-refractivity contribution in [3.8, 4) is 11.9 Å². The average Bonchev–Trinajstić information content (AvgIpc) is 3.18. The zero-order valence-corrected chi connectivity index (χ0v) is 17.4. The van der Waals surface area contributed by atoms with Crippen molar-refractivity contribution in [1.82, 2.24) is 5.01 Å². The molecule has 0 fully saturated rings. The summed E-state index contributed by atoms with van der Waals surface area (Å²) in [5, 5.41) is 15.6. The Kier molecular flexibility index (Phi) is 7.14. The monoisotopic (exact) mass is 435 g/mol. The van der Waals surface area contributed by atoms with Crippen molar-refractivity contribution in [2.75, 3.05) is 13.2 Å². The molecule has 1 heterocycles. The molecule has 0 radical (unpaired) electrons. The summed E-state index contributed by atoms with van der Waals surface area (Å²) in [6.07, 6.45) is 2.38. The lowest BCUT2D eigenvalue weighted by molar-refractivity contribution is 0.170. The number of aryl methyl sites for hydroxylation is 1. The zero-order valence-electron chi connectivity index (χ0n) is 16.7. The number of carbonyl (C=O) groups excluding carboxylic acids is 1. The maximum Gasteiger partial charge on any atom is 0.434 e. The van der Waals surface area contributed by atoms with Crippen molar-refractivity contribution in [2.45, 2.75) is 6.92 Å². The minimum absolute atomic E-state index is 0.0319. The van der Waals surface area contributed by atoms with Crippen LogP contribution in [0.2, 0.25) is 5.02 Å². The van der Waals surface area contributed by atoms with Crippen LogP contribution in [0.1, 0.15) is 11.1 Å². The first-order valence-corrected chi connectivity index (χ1v) is 9.57. The second-order valence-electron chi connectivity index (χ2n) is 6.30. The molecule has 156 valence electrons. The molecule has 0 unspecified atom stereocenters. The fourth-order valence-electron chi connectivity index (χ4n) is 2.69. The number of ether oxygens (including phenoxy) is 2. The number of nitriles is 1. The van der Waals surface area contributed by atoms with Gasteiger partial charge < -0.3 is 9.47 Å². The Morgan fingerprint density at radius 2 is 2.13 bits per heavy atom. The molecule has 1 amide bonds. The highest BCUT2D eigenvalue weighted by atomic mass is 35.5. The Morgan fingerprint density at radius 1 is 1.35 bits per heavy atom. The summed E-state index contributed by atoms with van der Waals surface area (Å²) in [4.78, 5) is 19.9. The van der Waals surface area contributed by atoms with Gasteiger partial charge in [0.05, 0.1) is 12.3 Å². The van der Waals surface area contributed by atoms with E-state index in [0.717, 1.165) is 5.56 Å². The van der Waals surface area contributed by atoms with Gasteiger partial charge in [-0.2, -0.15) is 15.4 Å². The molecule has 31 heavy (non-hydrogen) atoms. The highest BCUT2D eigenvalue weighted by Crippen LogP contribution is 2.21. The lowest BCUT2D eigenvalue weighted by atomic mass is 10.0. The molecule has 0 bridgehead atoms. The average molecular weight is 436 g/mol. The Balaban J connectivity index is 1.98. The molecule has 2 aromatic carbocycles. The third-order valence-corrected chi connectivity index (χ3v) is 4.52. The fraction of sp³-hybridized carbons (Fsp3) is 0.136. The minimum atomic E-state index is -0.780. The molecule has 0 saturated heterocycles. The minimum Gasteiger partial charge on any atom is -0.444 e. The number of rotatable bonds is 4. The van der Waals surface area contributed by atoms with Crippen LogP contribution in [-0.2, 0) is 4.74 Å². The molecule has 1 aliphatic rings. The molecule has 1 aliphatic heterocycles. The Hall–Kier alpha value is -3.96. The summed E-state index contributed by atoms with van der Waals surface area (Å²) in [6.45, 7) is 5.45. The number of hydrazone groups is 1. The van der Waals surface area contributed by atoms with Crippen LogP contribution in [0.3, 0.4) is 0 Å². The van der Waals surface area contributed by atoms with Crippen LogP contribution in [-0.4, -0.2) is 41.7 Å². The lowest BCUT2D eigenvalue weighted by Gasteiger charge is -2.14. The number of para-hydroxylation sites is 1. The summed E-state index contributed by atoms with van der Waals surface area (Å²) < 4.78 is 10.7. The van der Waals surface area contributed by atoms with Crippen LogP contribution in [0, 0.1) is 18.4 Å². The van der Waals surface area contributed by atoms with E-state index in [1.54, 1.807) is 42.6 Å². The van der Waals surface area contributed by atoms with E-state index in [1.165, 1.54) is 11.1 Å². The normalized spacial score (nSPS) is 14.7. The Labute approximate surface area is 184 Å². The molecule has 0 spiro atoms. The van der Waals surface area contributed by atoms with Crippen molar-refractivity contribution in [2.24, 2.45) is 15.1 Å². The smallest absolute Gasteiger partial charge is 0.434 e. The van der Waals surface area contributed by atoms with Gasteiger partial charge in [-0.15, -0.1) is 4.99 Å². The van der Waals surface area contributed by atoms with E-state index in [-0.39, 0.29) is 19.2 Å². The van der Waals surface area contributed by atoms with Crippen LogP contribution >= 0.6 is 11.6 Å². The van der Waals surface area contributed by atoms with Gasteiger partial charge in [-0.1, -0.05) is 48.5 Å². The van der Waals surface area contributed by atoms with E-state index in [0.29, 0.717) is 27.8 Å².